The van der Waals surface area contributed by atoms with Gasteiger partial charge in [-0.3, -0.25) is 9.79 Å². The molecule has 1 amide bonds. The molecule has 13 heteroatoms. The van der Waals surface area contributed by atoms with Gasteiger partial charge >= 0.3 is 6.18 Å². The number of hydrogen-bond acceptors (Lipinski definition) is 7. The number of alkyl halides is 3. The number of thioether (sulfide) groups is 1. The van der Waals surface area contributed by atoms with E-state index in [4.69, 9.17) is 21.6 Å². The summed E-state index contributed by atoms with van der Waals surface area (Å²) in [5, 5.41) is 0.209. The molecule has 0 saturated carbocycles. The van der Waals surface area contributed by atoms with Crippen molar-refractivity contribution in [1.82, 2.24) is 9.97 Å². The zero-order chi connectivity index (χ0) is 30.1. The number of benzene rings is 2. The van der Waals surface area contributed by atoms with Gasteiger partial charge in [0.1, 0.15) is 17.1 Å². The molecular weight excluding hydrogens is 579 g/mol. The smallest absolute Gasteiger partial charge is 0.415 e. The first kappa shape index (κ1) is 29.2. The minimum absolute atomic E-state index is 0.0524. The van der Waals surface area contributed by atoms with Crippen molar-refractivity contribution >= 4 is 34.6 Å². The lowest BCUT2D eigenvalue weighted by Gasteiger charge is -2.37. The molecule has 42 heavy (non-hydrogen) atoms. The number of nitrogens with two attached hydrogens (primary N) is 1. The number of rotatable bonds is 7. The van der Waals surface area contributed by atoms with Crippen LogP contribution in [0.4, 0.5) is 22.0 Å². The van der Waals surface area contributed by atoms with E-state index < -0.39 is 47.9 Å². The number of halogens is 5. The Morgan fingerprint density at radius 2 is 2.02 bits per heavy atom. The number of hydrogen-bond donors (Lipinski definition) is 1. The fourth-order valence-corrected chi connectivity index (χ4v) is 6.26. The van der Waals surface area contributed by atoms with Gasteiger partial charge in [-0.15, -0.1) is 18.2 Å². The maximum Gasteiger partial charge on any atom is 0.415 e. The molecular formula is C29H21F5N4O3S. The first-order valence-electron chi connectivity index (χ1n) is 12.4. The number of fused-ring (bicyclic) bond motifs is 1. The van der Waals surface area contributed by atoms with E-state index in [1.54, 1.807) is 18.2 Å². The minimum Gasteiger partial charge on any atom is -0.463 e. The zero-order valence-electron chi connectivity index (χ0n) is 21.6. The van der Waals surface area contributed by atoms with Crippen LogP contribution in [0.25, 0.3) is 11.9 Å². The second-order valence-corrected chi connectivity index (χ2v) is 10.4. The van der Waals surface area contributed by atoms with E-state index in [9.17, 15) is 18.0 Å². The number of aliphatic imine (C=N–C) groups is 1. The molecule has 0 spiro atoms. The lowest BCUT2D eigenvalue weighted by Crippen LogP contribution is -2.45. The van der Waals surface area contributed by atoms with E-state index in [1.807, 2.05) is 0 Å². The Morgan fingerprint density at radius 1 is 1.24 bits per heavy atom. The SMILES string of the molecule is C#CCOc1cnc(/C(F)=C/c2ccc(F)c([C@]34CO[C@H](C(F)(F)F)[C@H]3CSC(c3ccccc3C(N)=O)=N4)c2)cn1. The summed E-state index contributed by atoms with van der Waals surface area (Å²) in [6.45, 7) is -0.648. The van der Waals surface area contributed by atoms with Crippen LogP contribution in [0.2, 0.25) is 0 Å². The molecule has 3 heterocycles. The van der Waals surface area contributed by atoms with Crippen LogP contribution in [-0.4, -0.2) is 52.2 Å². The topological polar surface area (TPSA) is 99.7 Å². The fourth-order valence-electron chi connectivity index (χ4n) is 4.91. The molecule has 2 aromatic carbocycles. The standard InChI is InChI=1S/C29H21F5N4O3S/c1-2-9-40-24-13-36-23(12-37-24)22(31)11-16-7-8-21(30)19(10-16)28-15-41-25(29(32,33)34)20(28)14-42-27(38-28)18-6-4-3-5-17(18)26(35)39/h1,3-8,10-13,20,25H,9,14-15H2,(H2,35,39)/b22-11-/t20-,25+,28-/m1/s1. The number of carbonyl (C=O) groups is 1. The highest BCUT2D eigenvalue weighted by molar-refractivity contribution is 8.14. The fraction of sp³-hybridized carbons (Fsp3) is 0.241. The predicted octanol–water partition coefficient (Wildman–Crippen LogP) is 5.16. The summed E-state index contributed by atoms with van der Waals surface area (Å²) in [7, 11) is 0. The van der Waals surface area contributed by atoms with Gasteiger partial charge in [-0.1, -0.05) is 30.2 Å². The predicted molar refractivity (Wildman–Crippen MR) is 147 cm³/mol. The van der Waals surface area contributed by atoms with Crippen molar-refractivity contribution in [1.29, 1.82) is 0 Å². The Bertz CT molecular complexity index is 1620. The number of amides is 1. The lowest BCUT2D eigenvalue weighted by molar-refractivity contribution is -0.215. The van der Waals surface area contributed by atoms with Gasteiger partial charge in [-0.05, 0) is 29.8 Å². The van der Waals surface area contributed by atoms with Gasteiger partial charge in [0.15, 0.2) is 18.5 Å². The first-order valence-corrected chi connectivity index (χ1v) is 13.4. The van der Waals surface area contributed by atoms with Crippen molar-refractivity contribution in [2.45, 2.75) is 17.8 Å². The van der Waals surface area contributed by atoms with E-state index in [-0.39, 0.29) is 45.7 Å². The monoisotopic (exact) mass is 600 g/mol. The van der Waals surface area contributed by atoms with Crippen molar-refractivity contribution in [3.63, 3.8) is 0 Å². The van der Waals surface area contributed by atoms with E-state index in [0.717, 1.165) is 30.1 Å². The van der Waals surface area contributed by atoms with E-state index in [0.29, 0.717) is 5.56 Å². The van der Waals surface area contributed by atoms with Crippen molar-refractivity contribution in [2.75, 3.05) is 19.0 Å². The average molecular weight is 601 g/mol. The van der Waals surface area contributed by atoms with Crippen molar-refractivity contribution in [3.8, 4) is 18.2 Å². The van der Waals surface area contributed by atoms with Crippen molar-refractivity contribution in [3.05, 3.63) is 88.6 Å². The third-order valence-corrected chi connectivity index (χ3v) is 7.94. The molecule has 2 aliphatic heterocycles. The maximum absolute atomic E-state index is 15.5. The number of nitrogens with zero attached hydrogens (tertiary/aromatic N) is 3. The van der Waals surface area contributed by atoms with Crippen LogP contribution < -0.4 is 10.5 Å². The summed E-state index contributed by atoms with van der Waals surface area (Å²) in [6.07, 6.45) is 1.48. The molecule has 1 fully saturated rings. The molecule has 0 bridgehead atoms. The third kappa shape index (κ3) is 5.60. The Morgan fingerprint density at radius 3 is 2.71 bits per heavy atom. The van der Waals surface area contributed by atoms with Crippen LogP contribution in [0.3, 0.4) is 0 Å². The molecule has 1 aromatic heterocycles. The largest absolute Gasteiger partial charge is 0.463 e. The highest BCUT2D eigenvalue weighted by Crippen LogP contribution is 2.53. The highest BCUT2D eigenvalue weighted by Gasteiger charge is 2.62. The summed E-state index contributed by atoms with van der Waals surface area (Å²) in [5.41, 5.74) is 3.87. The number of ether oxygens (including phenoxy) is 2. The van der Waals surface area contributed by atoms with Gasteiger partial charge < -0.3 is 15.2 Å². The second kappa shape index (κ2) is 11.5. The average Bonchev–Trinajstić information content (AvgIpc) is 3.38. The zero-order valence-corrected chi connectivity index (χ0v) is 22.4. The molecule has 5 rings (SSSR count). The first-order chi connectivity index (χ1) is 20.0. The van der Waals surface area contributed by atoms with Crippen LogP contribution in [0.5, 0.6) is 5.88 Å². The molecule has 0 radical (unpaired) electrons. The lowest BCUT2D eigenvalue weighted by atomic mass is 9.78. The van der Waals surface area contributed by atoms with Crippen LogP contribution in [0, 0.1) is 24.1 Å². The quantitative estimate of drug-likeness (QED) is 0.297. The number of aromatic nitrogens is 2. The van der Waals surface area contributed by atoms with E-state index in [1.165, 1.54) is 24.4 Å². The van der Waals surface area contributed by atoms with Crippen molar-refractivity contribution in [2.24, 2.45) is 16.6 Å². The Balaban J connectivity index is 1.59. The summed E-state index contributed by atoms with van der Waals surface area (Å²) >= 11 is 0.993. The number of primary amides is 1. The molecule has 216 valence electrons. The van der Waals surface area contributed by atoms with Crippen LogP contribution in [-0.2, 0) is 10.3 Å². The molecule has 2 N–H and O–H groups in total. The maximum atomic E-state index is 15.5. The molecule has 1 saturated heterocycles. The Labute approximate surface area is 241 Å². The summed E-state index contributed by atoms with van der Waals surface area (Å²) in [6, 6.07) is 9.76. The Hall–Kier alpha value is -4.28. The molecule has 0 aliphatic carbocycles. The third-order valence-electron chi connectivity index (χ3n) is 6.83. The number of carbonyl (C=O) groups excluding carboxylic acids is 1. The minimum atomic E-state index is -4.75. The molecule has 3 aromatic rings. The molecule has 3 atom stereocenters. The van der Waals surface area contributed by atoms with E-state index >= 15 is 8.78 Å². The second-order valence-electron chi connectivity index (χ2n) is 9.41. The molecule has 0 unspecified atom stereocenters. The summed E-state index contributed by atoms with van der Waals surface area (Å²) < 4.78 is 83.0. The molecule has 2 aliphatic rings. The number of terminal acetylenes is 1. The van der Waals surface area contributed by atoms with E-state index in [2.05, 4.69) is 20.9 Å². The van der Waals surface area contributed by atoms with Crippen molar-refractivity contribution < 1.29 is 36.2 Å². The van der Waals surface area contributed by atoms with Gasteiger partial charge in [0.2, 0.25) is 11.8 Å². The van der Waals surface area contributed by atoms with Gasteiger partial charge in [-0.2, -0.15) is 13.2 Å². The van der Waals surface area contributed by atoms with Gasteiger partial charge in [0, 0.05) is 28.4 Å². The summed E-state index contributed by atoms with van der Waals surface area (Å²) in [5.74, 6) is -1.56. The van der Waals surface area contributed by atoms with Gasteiger partial charge in [0.05, 0.1) is 24.0 Å². The van der Waals surface area contributed by atoms with Gasteiger partial charge in [-0.25, -0.2) is 18.7 Å². The molecule has 7 nitrogen and oxygen atoms in total. The van der Waals surface area contributed by atoms with Gasteiger partial charge in [0.25, 0.3) is 0 Å². The van der Waals surface area contributed by atoms with Crippen LogP contribution >= 0.6 is 11.8 Å². The summed E-state index contributed by atoms with van der Waals surface area (Å²) in [4.78, 5) is 24.6. The Kier molecular flexibility index (Phi) is 8.03. The van der Waals surface area contributed by atoms with Crippen LogP contribution in [0.1, 0.15) is 32.7 Å². The normalized spacial score (nSPS) is 22.2. The highest BCUT2D eigenvalue weighted by atomic mass is 32.2. The van der Waals surface area contributed by atoms with Crippen LogP contribution in [0.15, 0.2) is 59.9 Å².